The first-order chi connectivity index (χ1) is 9.25. The van der Waals surface area contributed by atoms with Crippen molar-refractivity contribution in [2.24, 2.45) is 0 Å². The molecular weight excluding hydrogens is 238 g/mol. The van der Waals surface area contributed by atoms with E-state index in [1.54, 1.807) is 0 Å². The third-order valence-electron chi connectivity index (χ3n) is 3.58. The summed E-state index contributed by atoms with van der Waals surface area (Å²) in [5, 5.41) is 9.52. The number of carbonyl (C=O) groups is 1. The highest BCUT2D eigenvalue weighted by molar-refractivity contribution is 5.75. The van der Waals surface area contributed by atoms with Crippen LogP contribution in [-0.2, 0) is 17.9 Å². The van der Waals surface area contributed by atoms with Gasteiger partial charge in [-0.1, -0.05) is 54.6 Å². The van der Waals surface area contributed by atoms with Gasteiger partial charge in [-0.05, 0) is 16.7 Å². The Kier molecular flexibility index (Phi) is 3.05. The Bertz CT molecular complexity index is 570. The van der Waals surface area contributed by atoms with E-state index in [0.717, 1.165) is 5.56 Å². The summed E-state index contributed by atoms with van der Waals surface area (Å²) in [6, 6.07) is 17.0. The molecule has 2 aromatic rings. The number of rotatable bonds is 3. The Balaban J connectivity index is 1.91. The maximum atomic E-state index is 11.6. The average molecular weight is 253 g/mol. The van der Waals surface area contributed by atoms with Crippen molar-refractivity contribution in [1.29, 1.82) is 0 Å². The van der Waals surface area contributed by atoms with Gasteiger partial charge in [0, 0.05) is 13.1 Å². The molecular formula is C16H15NO2. The van der Waals surface area contributed by atoms with Crippen molar-refractivity contribution in [2.45, 2.75) is 19.1 Å². The van der Waals surface area contributed by atoms with E-state index in [-0.39, 0.29) is 0 Å². The minimum Gasteiger partial charge on any atom is -0.480 e. The van der Waals surface area contributed by atoms with Gasteiger partial charge in [-0.2, -0.15) is 0 Å². The summed E-state index contributed by atoms with van der Waals surface area (Å²) in [5.74, 6) is -0.793. The molecule has 96 valence electrons. The number of nitrogens with zero attached hydrogens (tertiary/aromatic N) is 1. The molecule has 0 radical (unpaired) electrons. The Hall–Kier alpha value is -2.13. The van der Waals surface area contributed by atoms with Crippen molar-refractivity contribution in [2.75, 3.05) is 0 Å². The summed E-state index contributed by atoms with van der Waals surface area (Å²) >= 11 is 0. The van der Waals surface area contributed by atoms with Gasteiger partial charge in [0.2, 0.25) is 0 Å². The summed E-state index contributed by atoms with van der Waals surface area (Å²) in [4.78, 5) is 13.6. The summed E-state index contributed by atoms with van der Waals surface area (Å²) in [6.07, 6.45) is 0. The number of carboxylic acid groups (broad SMARTS) is 1. The summed E-state index contributed by atoms with van der Waals surface area (Å²) in [7, 11) is 0. The molecule has 0 saturated carbocycles. The number of benzene rings is 2. The topological polar surface area (TPSA) is 40.5 Å². The number of carboxylic acids is 1. The van der Waals surface area contributed by atoms with Crippen molar-refractivity contribution in [3.63, 3.8) is 0 Å². The maximum absolute atomic E-state index is 11.6. The van der Waals surface area contributed by atoms with E-state index in [2.05, 4.69) is 12.1 Å². The summed E-state index contributed by atoms with van der Waals surface area (Å²) in [6.45, 7) is 1.39. The van der Waals surface area contributed by atoms with E-state index in [9.17, 15) is 9.90 Å². The van der Waals surface area contributed by atoms with Crippen LogP contribution in [0.2, 0.25) is 0 Å². The Morgan fingerprint density at radius 2 is 1.47 bits per heavy atom. The predicted molar refractivity (Wildman–Crippen MR) is 72.5 cm³/mol. The SMILES string of the molecule is O=C(O)[C@H](c1ccccc1)N1Cc2ccccc2C1. The van der Waals surface area contributed by atoms with Crippen LogP contribution in [-0.4, -0.2) is 16.0 Å². The fourth-order valence-corrected chi connectivity index (χ4v) is 2.69. The van der Waals surface area contributed by atoms with E-state index in [4.69, 9.17) is 0 Å². The quantitative estimate of drug-likeness (QED) is 0.914. The van der Waals surface area contributed by atoms with Crippen LogP contribution >= 0.6 is 0 Å². The summed E-state index contributed by atoms with van der Waals surface area (Å²) < 4.78 is 0. The molecule has 3 nitrogen and oxygen atoms in total. The summed E-state index contributed by atoms with van der Waals surface area (Å²) in [5.41, 5.74) is 3.29. The highest BCUT2D eigenvalue weighted by Gasteiger charge is 2.31. The van der Waals surface area contributed by atoms with E-state index >= 15 is 0 Å². The largest absolute Gasteiger partial charge is 0.480 e. The van der Waals surface area contributed by atoms with Crippen LogP contribution in [0.15, 0.2) is 54.6 Å². The predicted octanol–water partition coefficient (Wildman–Crippen LogP) is 2.83. The Morgan fingerprint density at radius 3 is 2.00 bits per heavy atom. The van der Waals surface area contributed by atoms with Gasteiger partial charge < -0.3 is 5.11 Å². The molecule has 3 rings (SSSR count). The van der Waals surface area contributed by atoms with Gasteiger partial charge in [-0.15, -0.1) is 0 Å². The standard InChI is InChI=1S/C16H15NO2/c18-16(19)15(12-6-2-1-3-7-12)17-10-13-8-4-5-9-14(13)11-17/h1-9,15H,10-11H2,(H,18,19)/t15-/m0/s1. The van der Waals surface area contributed by atoms with E-state index in [0.29, 0.717) is 13.1 Å². The molecule has 0 saturated heterocycles. The lowest BCUT2D eigenvalue weighted by Crippen LogP contribution is -2.29. The smallest absolute Gasteiger partial charge is 0.325 e. The second-order valence-electron chi connectivity index (χ2n) is 4.83. The number of hydrogen-bond acceptors (Lipinski definition) is 2. The molecule has 0 amide bonds. The molecule has 1 heterocycles. The minimum absolute atomic E-state index is 0.575. The van der Waals surface area contributed by atoms with E-state index in [1.807, 2.05) is 47.4 Å². The van der Waals surface area contributed by atoms with Gasteiger partial charge in [-0.3, -0.25) is 9.69 Å². The van der Waals surface area contributed by atoms with E-state index in [1.165, 1.54) is 11.1 Å². The normalized spacial score (nSPS) is 16.0. The van der Waals surface area contributed by atoms with Crippen LogP contribution in [0.3, 0.4) is 0 Å². The van der Waals surface area contributed by atoms with Gasteiger partial charge >= 0.3 is 5.97 Å². The van der Waals surface area contributed by atoms with Crippen LogP contribution in [0.25, 0.3) is 0 Å². The first-order valence-electron chi connectivity index (χ1n) is 6.34. The highest BCUT2D eigenvalue weighted by atomic mass is 16.4. The van der Waals surface area contributed by atoms with E-state index < -0.39 is 12.0 Å². The Labute approximate surface area is 112 Å². The van der Waals surface area contributed by atoms with Gasteiger partial charge in [0.15, 0.2) is 0 Å². The molecule has 0 fully saturated rings. The zero-order valence-electron chi connectivity index (χ0n) is 10.5. The first-order valence-corrected chi connectivity index (χ1v) is 6.34. The molecule has 0 spiro atoms. The molecule has 0 aromatic heterocycles. The highest BCUT2D eigenvalue weighted by Crippen LogP contribution is 2.31. The van der Waals surface area contributed by atoms with Crippen molar-refractivity contribution < 1.29 is 9.90 Å². The minimum atomic E-state index is -0.793. The van der Waals surface area contributed by atoms with Gasteiger partial charge in [0.1, 0.15) is 6.04 Å². The third-order valence-corrected chi connectivity index (χ3v) is 3.58. The Morgan fingerprint density at radius 1 is 0.947 bits per heavy atom. The van der Waals surface area contributed by atoms with Crippen molar-refractivity contribution in [3.05, 3.63) is 71.3 Å². The molecule has 19 heavy (non-hydrogen) atoms. The molecule has 1 N–H and O–H groups in total. The maximum Gasteiger partial charge on any atom is 0.325 e. The number of hydrogen-bond donors (Lipinski definition) is 1. The van der Waals surface area contributed by atoms with Crippen molar-refractivity contribution in [3.8, 4) is 0 Å². The van der Waals surface area contributed by atoms with Crippen molar-refractivity contribution >= 4 is 5.97 Å². The molecule has 0 unspecified atom stereocenters. The average Bonchev–Trinajstić information content (AvgIpc) is 2.82. The number of aliphatic carboxylic acids is 1. The zero-order chi connectivity index (χ0) is 13.2. The molecule has 3 heteroatoms. The molecule has 0 aliphatic carbocycles. The molecule has 2 aromatic carbocycles. The monoisotopic (exact) mass is 253 g/mol. The van der Waals surface area contributed by atoms with Crippen molar-refractivity contribution in [1.82, 2.24) is 4.90 Å². The second kappa shape index (κ2) is 4.86. The van der Waals surface area contributed by atoms with Crippen LogP contribution in [0, 0.1) is 0 Å². The van der Waals surface area contributed by atoms with Gasteiger partial charge in [-0.25, -0.2) is 0 Å². The fourth-order valence-electron chi connectivity index (χ4n) is 2.69. The lowest BCUT2D eigenvalue weighted by atomic mass is 10.1. The van der Waals surface area contributed by atoms with Crippen LogP contribution in [0.5, 0.6) is 0 Å². The zero-order valence-corrected chi connectivity index (χ0v) is 10.5. The molecule has 0 bridgehead atoms. The van der Waals surface area contributed by atoms with Crippen LogP contribution in [0.4, 0.5) is 0 Å². The molecule has 1 aliphatic rings. The van der Waals surface area contributed by atoms with Gasteiger partial charge in [0.25, 0.3) is 0 Å². The lowest BCUT2D eigenvalue weighted by Gasteiger charge is -2.24. The first kappa shape index (κ1) is 11.9. The molecule has 1 atom stereocenters. The van der Waals surface area contributed by atoms with Crippen LogP contribution in [0.1, 0.15) is 22.7 Å². The lowest BCUT2D eigenvalue weighted by molar-refractivity contribution is -0.143. The van der Waals surface area contributed by atoms with Crippen LogP contribution < -0.4 is 0 Å². The van der Waals surface area contributed by atoms with Gasteiger partial charge in [0.05, 0.1) is 0 Å². The molecule has 1 aliphatic heterocycles. The number of fused-ring (bicyclic) bond motifs is 1. The third kappa shape index (κ3) is 2.25. The second-order valence-corrected chi connectivity index (χ2v) is 4.83. The fraction of sp³-hybridized carbons (Fsp3) is 0.188.